The maximum Gasteiger partial charge on any atom is 0.227 e. The Morgan fingerprint density at radius 2 is 1.92 bits per heavy atom. The Bertz CT molecular complexity index is 704. The van der Waals surface area contributed by atoms with Gasteiger partial charge in [-0.05, 0) is 30.5 Å². The van der Waals surface area contributed by atoms with Crippen LogP contribution in [0.15, 0.2) is 42.6 Å². The second kappa shape index (κ2) is 9.20. The van der Waals surface area contributed by atoms with E-state index < -0.39 is 5.41 Å². The van der Waals surface area contributed by atoms with Crippen molar-refractivity contribution in [2.24, 2.45) is 11.1 Å². The summed E-state index contributed by atoms with van der Waals surface area (Å²) in [5.41, 5.74) is 6.21. The number of pyridine rings is 1. The molecule has 2 aromatic rings. The van der Waals surface area contributed by atoms with Crippen LogP contribution in [0.2, 0.25) is 0 Å². The van der Waals surface area contributed by atoms with Crippen molar-refractivity contribution in [3.8, 4) is 17.4 Å². The standard InChI is InChI=1S/C20H27N3O3/c1-4-20(5-2,14-21)19(24)23-13-15-9-10-18(22-12-15)26-17-8-6-7-16(11-17)25-3/h6-12H,4-5,13-14,21H2,1-3H3,(H,23,24). The highest BCUT2D eigenvalue weighted by atomic mass is 16.5. The zero-order chi connectivity index (χ0) is 19.0. The molecule has 0 aliphatic heterocycles. The molecule has 0 fully saturated rings. The highest BCUT2D eigenvalue weighted by Crippen LogP contribution is 2.26. The highest BCUT2D eigenvalue weighted by Gasteiger charge is 2.32. The van der Waals surface area contributed by atoms with Gasteiger partial charge in [0.05, 0.1) is 12.5 Å². The Kier molecular flexibility index (Phi) is 6.97. The van der Waals surface area contributed by atoms with Gasteiger partial charge < -0.3 is 20.5 Å². The van der Waals surface area contributed by atoms with Crippen molar-refractivity contribution in [3.63, 3.8) is 0 Å². The van der Waals surface area contributed by atoms with Crippen LogP contribution >= 0.6 is 0 Å². The Hall–Kier alpha value is -2.60. The normalized spacial score (nSPS) is 11.1. The molecule has 6 nitrogen and oxygen atoms in total. The predicted octanol–water partition coefficient (Wildman–Crippen LogP) is 3.26. The van der Waals surface area contributed by atoms with Gasteiger partial charge in [0.15, 0.2) is 0 Å². The second-order valence-corrected chi connectivity index (χ2v) is 6.16. The van der Waals surface area contributed by atoms with Crippen LogP contribution in [0.4, 0.5) is 0 Å². The quantitative estimate of drug-likeness (QED) is 0.719. The molecule has 2 rings (SSSR count). The van der Waals surface area contributed by atoms with Crippen molar-refractivity contribution in [2.75, 3.05) is 13.7 Å². The first-order valence-electron chi connectivity index (χ1n) is 8.82. The molecule has 1 amide bonds. The van der Waals surface area contributed by atoms with Gasteiger partial charge in [0.1, 0.15) is 11.5 Å². The predicted molar refractivity (Wildman–Crippen MR) is 101 cm³/mol. The smallest absolute Gasteiger partial charge is 0.227 e. The minimum atomic E-state index is -0.497. The van der Waals surface area contributed by atoms with Gasteiger partial charge in [-0.15, -0.1) is 0 Å². The molecule has 0 saturated heterocycles. The van der Waals surface area contributed by atoms with Crippen molar-refractivity contribution < 1.29 is 14.3 Å². The number of aromatic nitrogens is 1. The Labute approximate surface area is 154 Å². The first-order chi connectivity index (χ1) is 12.6. The molecule has 0 atom stereocenters. The lowest BCUT2D eigenvalue weighted by Crippen LogP contribution is -2.45. The number of methoxy groups -OCH3 is 1. The first kappa shape index (κ1) is 19.7. The fourth-order valence-corrected chi connectivity index (χ4v) is 2.68. The summed E-state index contributed by atoms with van der Waals surface area (Å²) in [7, 11) is 1.61. The number of rotatable bonds is 9. The summed E-state index contributed by atoms with van der Waals surface area (Å²) in [5.74, 6) is 1.84. The SMILES string of the molecule is CCC(CC)(CN)C(=O)NCc1ccc(Oc2cccc(OC)c2)nc1. The Balaban J connectivity index is 1.96. The number of amides is 1. The van der Waals surface area contributed by atoms with Crippen LogP contribution in [0, 0.1) is 5.41 Å². The number of hydrogen-bond donors (Lipinski definition) is 2. The molecule has 1 aromatic carbocycles. The number of hydrogen-bond acceptors (Lipinski definition) is 5. The van der Waals surface area contributed by atoms with Crippen LogP contribution in [-0.2, 0) is 11.3 Å². The molecule has 3 N–H and O–H groups in total. The third-order valence-corrected chi connectivity index (χ3v) is 4.74. The van der Waals surface area contributed by atoms with Gasteiger partial charge in [0.25, 0.3) is 0 Å². The first-order valence-corrected chi connectivity index (χ1v) is 8.82. The zero-order valence-electron chi connectivity index (χ0n) is 15.6. The van der Waals surface area contributed by atoms with Gasteiger partial charge in [-0.25, -0.2) is 4.98 Å². The Morgan fingerprint density at radius 3 is 2.50 bits per heavy atom. The largest absolute Gasteiger partial charge is 0.497 e. The summed E-state index contributed by atoms with van der Waals surface area (Å²) >= 11 is 0. The zero-order valence-corrected chi connectivity index (χ0v) is 15.6. The van der Waals surface area contributed by atoms with Crippen molar-refractivity contribution in [1.82, 2.24) is 10.3 Å². The summed E-state index contributed by atoms with van der Waals surface area (Å²) in [6.07, 6.45) is 3.13. The number of nitrogens with two attached hydrogens (primary N) is 1. The number of nitrogens with one attached hydrogen (secondary N) is 1. The lowest BCUT2D eigenvalue weighted by atomic mass is 9.81. The molecule has 1 aromatic heterocycles. The van der Waals surface area contributed by atoms with Gasteiger partial charge in [-0.3, -0.25) is 4.79 Å². The van der Waals surface area contributed by atoms with E-state index in [4.69, 9.17) is 15.2 Å². The monoisotopic (exact) mass is 357 g/mol. The van der Waals surface area contributed by atoms with Gasteiger partial charge in [-0.1, -0.05) is 26.0 Å². The van der Waals surface area contributed by atoms with Crippen LogP contribution < -0.4 is 20.5 Å². The number of nitrogens with zero attached hydrogens (tertiary/aromatic N) is 1. The van der Waals surface area contributed by atoms with E-state index in [1.54, 1.807) is 25.4 Å². The summed E-state index contributed by atoms with van der Waals surface area (Å²) in [5, 5.41) is 2.96. The maximum atomic E-state index is 12.5. The summed E-state index contributed by atoms with van der Waals surface area (Å²) in [6.45, 7) is 4.73. The van der Waals surface area contributed by atoms with Crippen molar-refractivity contribution in [3.05, 3.63) is 48.2 Å². The molecule has 6 heteroatoms. The third kappa shape index (κ3) is 4.73. The van der Waals surface area contributed by atoms with Gasteiger partial charge >= 0.3 is 0 Å². The minimum Gasteiger partial charge on any atom is -0.497 e. The highest BCUT2D eigenvalue weighted by molar-refractivity contribution is 5.82. The summed E-state index contributed by atoms with van der Waals surface area (Å²) in [6, 6.07) is 11.0. The molecule has 140 valence electrons. The van der Waals surface area contributed by atoms with Crippen molar-refractivity contribution in [1.29, 1.82) is 0 Å². The summed E-state index contributed by atoms with van der Waals surface area (Å²) < 4.78 is 10.9. The number of carbonyl (C=O) groups excluding carboxylic acids is 1. The molecule has 0 unspecified atom stereocenters. The van der Waals surface area contributed by atoms with Crippen LogP contribution in [0.5, 0.6) is 17.4 Å². The second-order valence-electron chi connectivity index (χ2n) is 6.16. The van der Waals surface area contributed by atoms with E-state index in [-0.39, 0.29) is 5.91 Å². The van der Waals surface area contributed by atoms with Crippen LogP contribution in [0.25, 0.3) is 0 Å². The van der Waals surface area contributed by atoms with E-state index in [1.165, 1.54) is 0 Å². The van der Waals surface area contributed by atoms with Crippen LogP contribution in [0.1, 0.15) is 32.3 Å². The fourth-order valence-electron chi connectivity index (χ4n) is 2.68. The minimum absolute atomic E-state index is 0.0123. The average Bonchev–Trinajstić information content (AvgIpc) is 2.69. The molecular weight excluding hydrogens is 330 g/mol. The van der Waals surface area contributed by atoms with E-state index in [0.717, 1.165) is 24.2 Å². The van der Waals surface area contributed by atoms with E-state index >= 15 is 0 Å². The average molecular weight is 357 g/mol. The lowest BCUT2D eigenvalue weighted by molar-refractivity contribution is -0.131. The van der Waals surface area contributed by atoms with Crippen molar-refractivity contribution in [2.45, 2.75) is 33.2 Å². The summed E-state index contributed by atoms with van der Waals surface area (Å²) in [4.78, 5) is 16.7. The number of benzene rings is 1. The molecular formula is C20H27N3O3. The van der Waals surface area contributed by atoms with Crippen LogP contribution in [-0.4, -0.2) is 24.5 Å². The van der Waals surface area contributed by atoms with E-state index in [1.807, 2.05) is 38.1 Å². The topological polar surface area (TPSA) is 86.5 Å². The fraction of sp³-hybridized carbons (Fsp3) is 0.400. The molecule has 0 saturated carbocycles. The van der Waals surface area contributed by atoms with Gasteiger partial charge in [-0.2, -0.15) is 0 Å². The molecule has 1 heterocycles. The van der Waals surface area contributed by atoms with E-state index in [9.17, 15) is 4.79 Å². The molecule has 0 aliphatic rings. The van der Waals surface area contributed by atoms with E-state index in [2.05, 4.69) is 10.3 Å². The van der Waals surface area contributed by atoms with Gasteiger partial charge in [0.2, 0.25) is 11.8 Å². The van der Waals surface area contributed by atoms with Crippen LogP contribution in [0.3, 0.4) is 0 Å². The van der Waals surface area contributed by atoms with E-state index in [0.29, 0.717) is 24.7 Å². The van der Waals surface area contributed by atoms with Gasteiger partial charge in [0, 0.05) is 31.4 Å². The third-order valence-electron chi connectivity index (χ3n) is 4.74. The molecule has 0 radical (unpaired) electrons. The Morgan fingerprint density at radius 1 is 1.19 bits per heavy atom. The number of ether oxygens (including phenoxy) is 2. The molecule has 0 spiro atoms. The molecule has 0 bridgehead atoms. The van der Waals surface area contributed by atoms with Crippen molar-refractivity contribution >= 4 is 5.91 Å². The number of carbonyl (C=O) groups is 1. The molecule has 0 aliphatic carbocycles. The lowest BCUT2D eigenvalue weighted by Gasteiger charge is -2.28. The maximum absolute atomic E-state index is 12.5. The molecule has 26 heavy (non-hydrogen) atoms.